The van der Waals surface area contributed by atoms with E-state index in [1.54, 1.807) is 12.1 Å². The molecule has 0 saturated heterocycles. The van der Waals surface area contributed by atoms with Gasteiger partial charge in [-0.1, -0.05) is 73.0 Å². The summed E-state index contributed by atoms with van der Waals surface area (Å²) < 4.78 is 6.16. The molecule has 0 aliphatic heterocycles. The third kappa shape index (κ3) is 5.56. The van der Waals surface area contributed by atoms with Crippen LogP contribution in [-0.4, -0.2) is 15.1 Å². The molecule has 0 amide bonds. The van der Waals surface area contributed by atoms with Gasteiger partial charge in [0.05, 0.1) is 11.1 Å². The second-order valence-corrected chi connectivity index (χ2v) is 12.4. The number of pyridine rings is 1. The van der Waals surface area contributed by atoms with Crippen LogP contribution in [0.3, 0.4) is 0 Å². The molecule has 46 heavy (non-hydrogen) atoms. The van der Waals surface area contributed by atoms with Gasteiger partial charge in [0.15, 0.2) is 0 Å². The van der Waals surface area contributed by atoms with Gasteiger partial charge in [-0.05, 0) is 97.1 Å². The number of aromatic hydroxyl groups is 1. The molecule has 0 unspecified atom stereocenters. The van der Waals surface area contributed by atoms with Crippen molar-refractivity contribution in [1.29, 1.82) is 0 Å². The molecule has 5 aromatic carbocycles. The molecular weight excluding hydrogens is 748 g/mol. The zero-order chi connectivity index (χ0) is 31.4. The molecule has 0 saturated carbocycles. The van der Waals surface area contributed by atoms with Crippen molar-refractivity contribution in [3.05, 3.63) is 125 Å². The summed E-state index contributed by atoms with van der Waals surface area (Å²) >= 11 is 0. The predicted octanol–water partition coefficient (Wildman–Crippen LogP) is 10.9. The molecule has 0 aliphatic carbocycles. The van der Waals surface area contributed by atoms with Crippen LogP contribution in [0, 0.1) is 33.8 Å². The van der Waals surface area contributed by atoms with E-state index in [1.165, 1.54) is 38.9 Å². The summed E-state index contributed by atoms with van der Waals surface area (Å²) in [6.07, 6.45) is 1.90. The quantitative estimate of drug-likeness (QED) is 0.177. The number of phenols is 1. The molecule has 7 rings (SSSR count). The topological polar surface area (TPSA) is 59.2 Å². The number of oxazole rings is 1. The van der Waals surface area contributed by atoms with Crippen LogP contribution in [0.15, 0.2) is 95.5 Å². The van der Waals surface area contributed by atoms with Gasteiger partial charge in [0.25, 0.3) is 0 Å². The van der Waals surface area contributed by atoms with Crippen molar-refractivity contribution in [3.63, 3.8) is 0 Å². The zero-order valence-electron chi connectivity index (χ0n) is 26.8. The third-order valence-corrected chi connectivity index (χ3v) is 8.72. The molecule has 7 aromatic rings. The van der Waals surface area contributed by atoms with Gasteiger partial charge in [-0.25, -0.2) is 4.98 Å². The Balaban J connectivity index is 0.00000372. The fraction of sp³-hybridized carbons (Fsp3) is 0.171. The van der Waals surface area contributed by atoms with Gasteiger partial charge in [0.1, 0.15) is 11.3 Å². The average molecular weight is 783 g/mol. The Morgan fingerprint density at radius 2 is 1.41 bits per heavy atom. The Kier molecular flexibility index (Phi) is 8.44. The maximum atomic E-state index is 10.5. The fourth-order valence-corrected chi connectivity index (χ4v) is 6.52. The Hall–Kier alpha value is -4.53. The minimum absolute atomic E-state index is 0. The first-order valence-electron chi connectivity index (χ1n) is 15.4. The van der Waals surface area contributed by atoms with Crippen molar-refractivity contribution in [2.45, 2.75) is 47.5 Å². The maximum Gasteiger partial charge on any atom is 0.230 e. The normalized spacial score (nSPS) is 11.4. The van der Waals surface area contributed by atoms with Crippen LogP contribution < -0.4 is 0 Å². The first-order valence-corrected chi connectivity index (χ1v) is 15.4. The summed E-state index contributed by atoms with van der Waals surface area (Å²) in [7, 11) is 0. The molecular formula is C41H35N2O2Pt-. The van der Waals surface area contributed by atoms with Crippen molar-refractivity contribution in [1.82, 2.24) is 9.97 Å². The van der Waals surface area contributed by atoms with E-state index in [0.29, 0.717) is 17.0 Å². The van der Waals surface area contributed by atoms with Gasteiger partial charge in [0, 0.05) is 32.8 Å². The Morgan fingerprint density at radius 1 is 0.717 bits per heavy atom. The smallest absolute Gasteiger partial charge is 0.230 e. The molecule has 0 spiro atoms. The van der Waals surface area contributed by atoms with E-state index in [4.69, 9.17) is 14.4 Å². The van der Waals surface area contributed by atoms with Crippen LogP contribution in [0.1, 0.15) is 47.6 Å². The van der Waals surface area contributed by atoms with Gasteiger partial charge < -0.3 is 9.52 Å². The number of aromatic nitrogens is 2. The van der Waals surface area contributed by atoms with Crippen LogP contribution in [0.25, 0.3) is 66.8 Å². The van der Waals surface area contributed by atoms with Crippen molar-refractivity contribution in [2.24, 2.45) is 0 Å². The molecule has 232 valence electrons. The van der Waals surface area contributed by atoms with Crippen molar-refractivity contribution >= 4 is 22.0 Å². The second-order valence-electron chi connectivity index (χ2n) is 12.4. The van der Waals surface area contributed by atoms with E-state index >= 15 is 0 Å². The van der Waals surface area contributed by atoms with Crippen LogP contribution in [0.2, 0.25) is 0 Å². The fourth-order valence-electron chi connectivity index (χ4n) is 6.52. The van der Waals surface area contributed by atoms with Crippen LogP contribution in [0.4, 0.5) is 0 Å². The van der Waals surface area contributed by atoms with Crippen LogP contribution >= 0.6 is 0 Å². The number of para-hydroxylation sites is 2. The number of nitrogens with zero attached hydrogens (tertiary/aromatic N) is 2. The molecule has 0 atom stereocenters. The number of rotatable bonds is 5. The number of benzene rings is 5. The molecule has 0 bridgehead atoms. The predicted molar refractivity (Wildman–Crippen MR) is 185 cm³/mol. The number of fused-ring (bicyclic) bond motifs is 2. The van der Waals surface area contributed by atoms with E-state index < -0.39 is 0 Å². The Labute approximate surface area is 284 Å². The average Bonchev–Trinajstić information content (AvgIpc) is 3.45. The van der Waals surface area contributed by atoms with Gasteiger partial charge in [0.2, 0.25) is 5.89 Å². The summed E-state index contributed by atoms with van der Waals surface area (Å²) in [5, 5.41) is 11.6. The Morgan fingerprint density at radius 3 is 2.13 bits per heavy atom. The van der Waals surface area contributed by atoms with Crippen molar-refractivity contribution < 1.29 is 30.6 Å². The zero-order valence-corrected chi connectivity index (χ0v) is 29.1. The van der Waals surface area contributed by atoms with Crippen LogP contribution in [0.5, 0.6) is 5.75 Å². The first-order chi connectivity index (χ1) is 21.7. The molecule has 1 N–H and O–H groups in total. The van der Waals surface area contributed by atoms with Gasteiger partial charge >= 0.3 is 0 Å². The summed E-state index contributed by atoms with van der Waals surface area (Å²) in [5.41, 5.74) is 15.4. The summed E-state index contributed by atoms with van der Waals surface area (Å²) in [6, 6.07) is 32.5. The molecule has 2 heterocycles. The summed E-state index contributed by atoms with van der Waals surface area (Å²) in [4.78, 5) is 9.79. The number of phenolic OH excluding ortho intramolecular Hbond substituents is 1. The molecule has 4 nitrogen and oxygen atoms in total. The SMILES string of the molecule is Cc1cc(C)c(-c2cc(-c3[c-]c(-c4cccc5oc(-c6ccccc6O)nc45)cc(C(C)C)c3)c3nccc(C)c3c2)c(C)c1.[Pt]. The molecule has 0 radical (unpaired) electrons. The van der Waals surface area contributed by atoms with E-state index in [-0.39, 0.29) is 32.7 Å². The van der Waals surface area contributed by atoms with E-state index in [1.807, 2.05) is 30.5 Å². The van der Waals surface area contributed by atoms with Crippen molar-refractivity contribution in [3.8, 4) is 50.6 Å². The standard InChI is InChI=1S/C41H35N2O2.Pt/c1-23(2)28-18-29(32-11-9-13-37-40(32)43-41(45-37)33-10-7-8-12-36(33)44)20-30(19-28)35-22-31(21-34-25(4)14-15-42-39(34)35)38-26(5)16-24(3)17-27(38)6;/h7-19,21-23,44H,1-6H3;/q-1;. The largest absolute Gasteiger partial charge is 0.507 e. The number of hydrogen-bond donors (Lipinski definition) is 1. The van der Waals surface area contributed by atoms with Crippen LogP contribution in [-0.2, 0) is 21.1 Å². The third-order valence-electron chi connectivity index (χ3n) is 8.72. The molecule has 2 aromatic heterocycles. The summed E-state index contributed by atoms with van der Waals surface area (Å²) in [6.45, 7) is 13.1. The second kappa shape index (κ2) is 12.3. The minimum atomic E-state index is 0. The monoisotopic (exact) mass is 782 g/mol. The van der Waals surface area contributed by atoms with E-state index in [2.05, 4.69) is 96.1 Å². The molecule has 0 aliphatic rings. The summed E-state index contributed by atoms with van der Waals surface area (Å²) in [5.74, 6) is 0.809. The van der Waals surface area contributed by atoms with E-state index in [0.717, 1.165) is 38.7 Å². The van der Waals surface area contributed by atoms with Crippen molar-refractivity contribution in [2.75, 3.05) is 0 Å². The Bertz CT molecular complexity index is 2240. The molecule has 0 fully saturated rings. The van der Waals surface area contributed by atoms with Gasteiger partial charge in [-0.15, -0.1) is 34.9 Å². The number of hydrogen-bond acceptors (Lipinski definition) is 4. The first kappa shape index (κ1) is 31.5. The minimum Gasteiger partial charge on any atom is -0.507 e. The molecule has 5 heteroatoms. The van der Waals surface area contributed by atoms with Gasteiger partial charge in [-0.3, -0.25) is 4.98 Å². The van der Waals surface area contributed by atoms with Gasteiger partial charge in [-0.2, -0.15) is 0 Å². The van der Waals surface area contributed by atoms with E-state index in [9.17, 15) is 5.11 Å². The maximum absolute atomic E-state index is 10.5. The number of aryl methyl sites for hydroxylation is 4.